The third-order valence-electron chi connectivity index (χ3n) is 3.21. The van der Waals surface area contributed by atoms with Crippen molar-refractivity contribution in [1.82, 2.24) is 5.32 Å². The number of hydrogen-bond acceptors (Lipinski definition) is 4. The molecule has 1 unspecified atom stereocenters. The molecule has 0 spiro atoms. The Bertz CT molecular complexity index is 454. The van der Waals surface area contributed by atoms with Crippen LogP contribution < -0.4 is 5.32 Å². The van der Waals surface area contributed by atoms with Crippen molar-refractivity contribution >= 4 is 11.8 Å². The fourth-order valence-corrected chi connectivity index (χ4v) is 1.58. The highest BCUT2D eigenvalue weighted by molar-refractivity contribution is 5.60. The van der Waals surface area contributed by atoms with Gasteiger partial charge >= 0.3 is 0 Å². The van der Waals surface area contributed by atoms with Gasteiger partial charge in [-0.15, -0.1) is 0 Å². The summed E-state index contributed by atoms with van der Waals surface area (Å²) in [6.45, 7) is 4.54. The summed E-state index contributed by atoms with van der Waals surface area (Å²) in [5.41, 5.74) is 0.364. The highest BCUT2D eigenvalue weighted by Crippen LogP contribution is 2.18. The summed E-state index contributed by atoms with van der Waals surface area (Å²) in [5.74, 6) is 0. The zero-order valence-electron chi connectivity index (χ0n) is 11.3. The Morgan fingerprint density at radius 2 is 2.16 bits per heavy atom. The third kappa shape index (κ3) is 4.46. The Morgan fingerprint density at radius 3 is 2.74 bits per heavy atom. The molecule has 104 valence electrons. The van der Waals surface area contributed by atoms with Crippen molar-refractivity contribution in [2.75, 3.05) is 13.2 Å². The predicted molar refractivity (Wildman–Crippen MR) is 75.9 cm³/mol. The first-order valence-electron chi connectivity index (χ1n) is 6.28. The van der Waals surface area contributed by atoms with Gasteiger partial charge in [0, 0.05) is 18.2 Å². The first-order chi connectivity index (χ1) is 9.02. The van der Waals surface area contributed by atoms with E-state index in [9.17, 15) is 15.2 Å². The zero-order chi connectivity index (χ0) is 14.3. The number of nitro groups is 1. The van der Waals surface area contributed by atoms with Gasteiger partial charge in [-0.3, -0.25) is 10.1 Å². The van der Waals surface area contributed by atoms with Crippen molar-refractivity contribution in [2.24, 2.45) is 0 Å². The van der Waals surface area contributed by atoms with Gasteiger partial charge in [0.2, 0.25) is 0 Å². The standard InChI is InChI=1S/C14H20N2O3/c1-3-14(2,11-17)15-10-6-8-12-7-4-5-9-13(12)16(18)19/h4-9,15,17H,3,10-11H2,1-2H3/b8-6+. The first-order valence-corrected chi connectivity index (χ1v) is 6.28. The Labute approximate surface area is 113 Å². The van der Waals surface area contributed by atoms with E-state index in [0.717, 1.165) is 6.42 Å². The summed E-state index contributed by atoms with van der Waals surface area (Å²) in [5, 5.41) is 23.3. The van der Waals surface area contributed by atoms with Crippen molar-refractivity contribution in [3.63, 3.8) is 0 Å². The van der Waals surface area contributed by atoms with Crippen LogP contribution in [0.1, 0.15) is 25.8 Å². The predicted octanol–water partition coefficient (Wildman–Crippen LogP) is 2.36. The molecule has 0 aromatic heterocycles. The normalized spacial score (nSPS) is 14.5. The lowest BCUT2D eigenvalue weighted by Crippen LogP contribution is -2.45. The van der Waals surface area contributed by atoms with Crippen LogP contribution >= 0.6 is 0 Å². The number of aliphatic hydroxyl groups excluding tert-OH is 1. The average Bonchev–Trinajstić information content (AvgIpc) is 2.43. The molecule has 5 heteroatoms. The van der Waals surface area contributed by atoms with E-state index < -0.39 is 4.92 Å². The maximum Gasteiger partial charge on any atom is 0.276 e. The molecule has 0 aliphatic heterocycles. The highest BCUT2D eigenvalue weighted by atomic mass is 16.6. The summed E-state index contributed by atoms with van der Waals surface area (Å²) >= 11 is 0. The molecule has 0 heterocycles. The minimum Gasteiger partial charge on any atom is -0.394 e. The van der Waals surface area contributed by atoms with E-state index in [4.69, 9.17) is 0 Å². The van der Waals surface area contributed by atoms with Gasteiger partial charge < -0.3 is 10.4 Å². The molecule has 0 fully saturated rings. The molecule has 19 heavy (non-hydrogen) atoms. The van der Waals surface area contributed by atoms with Gasteiger partial charge in [-0.05, 0) is 19.4 Å². The molecule has 0 bridgehead atoms. The van der Waals surface area contributed by atoms with E-state index in [-0.39, 0.29) is 17.8 Å². The summed E-state index contributed by atoms with van der Waals surface area (Å²) in [6, 6.07) is 6.61. The molecule has 0 saturated carbocycles. The molecule has 1 aromatic carbocycles. The van der Waals surface area contributed by atoms with E-state index in [2.05, 4.69) is 5.32 Å². The number of nitrogens with zero attached hydrogens (tertiary/aromatic N) is 1. The minimum absolute atomic E-state index is 0.0584. The number of aliphatic hydroxyl groups is 1. The second kappa shape index (κ2) is 7.01. The van der Waals surface area contributed by atoms with E-state index in [0.29, 0.717) is 12.1 Å². The lowest BCUT2D eigenvalue weighted by molar-refractivity contribution is -0.385. The molecule has 0 saturated heterocycles. The topological polar surface area (TPSA) is 75.4 Å². The van der Waals surface area contributed by atoms with Crippen LogP contribution in [-0.2, 0) is 0 Å². The second-order valence-electron chi connectivity index (χ2n) is 4.67. The van der Waals surface area contributed by atoms with Crippen molar-refractivity contribution in [2.45, 2.75) is 25.8 Å². The van der Waals surface area contributed by atoms with Crippen LogP contribution in [0.5, 0.6) is 0 Å². The Balaban J connectivity index is 2.66. The fourth-order valence-electron chi connectivity index (χ4n) is 1.58. The van der Waals surface area contributed by atoms with Crippen molar-refractivity contribution in [3.8, 4) is 0 Å². The van der Waals surface area contributed by atoms with Crippen molar-refractivity contribution in [1.29, 1.82) is 0 Å². The van der Waals surface area contributed by atoms with Gasteiger partial charge in [-0.1, -0.05) is 31.2 Å². The van der Waals surface area contributed by atoms with Gasteiger partial charge in [-0.25, -0.2) is 0 Å². The fraction of sp³-hybridized carbons (Fsp3) is 0.429. The molecule has 1 atom stereocenters. The van der Waals surface area contributed by atoms with Gasteiger partial charge in [0.25, 0.3) is 5.69 Å². The van der Waals surface area contributed by atoms with Gasteiger partial charge in [0.1, 0.15) is 0 Å². The number of rotatable bonds is 7. The maximum absolute atomic E-state index is 10.8. The number of nitro benzene ring substituents is 1. The number of nitrogens with one attached hydrogen (secondary N) is 1. The molecule has 1 aromatic rings. The zero-order valence-corrected chi connectivity index (χ0v) is 11.3. The van der Waals surface area contributed by atoms with Crippen LogP contribution in [0.2, 0.25) is 0 Å². The molecule has 0 aliphatic rings. The average molecular weight is 264 g/mol. The van der Waals surface area contributed by atoms with Gasteiger partial charge in [0.15, 0.2) is 0 Å². The molecular formula is C14H20N2O3. The number of para-hydroxylation sites is 1. The van der Waals surface area contributed by atoms with E-state index in [1.807, 2.05) is 19.9 Å². The molecule has 2 N–H and O–H groups in total. The van der Waals surface area contributed by atoms with Gasteiger partial charge in [-0.2, -0.15) is 0 Å². The Kier molecular flexibility index (Phi) is 5.66. The van der Waals surface area contributed by atoms with E-state index in [1.165, 1.54) is 6.07 Å². The van der Waals surface area contributed by atoms with Crippen LogP contribution in [0, 0.1) is 10.1 Å². The summed E-state index contributed by atoms with van der Waals surface area (Å²) in [6.07, 6.45) is 4.35. The molecular weight excluding hydrogens is 244 g/mol. The Hall–Kier alpha value is -1.72. The highest BCUT2D eigenvalue weighted by Gasteiger charge is 2.18. The summed E-state index contributed by atoms with van der Waals surface area (Å²) < 4.78 is 0. The minimum atomic E-state index is -0.392. The van der Waals surface area contributed by atoms with Crippen LogP contribution in [0.25, 0.3) is 6.08 Å². The lowest BCUT2D eigenvalue weighted by atomic mass is 10.0. The van der Waals surface area contributed by atoms with Crippen LogP contribution in [0.15, 0.2) is 30.3 Å². The summed E-state index contributed by atoms with van der Waals surface area (Å²) in [4.78, 5) is 10.4. The lowest BCUT2D eigenvalue weighted by Gasteiger charge is -2.26. The largest absolute Gasteiger partial charge is 0.394 e. The monoisotopic (exact) mass is 264 g/mol. The second-order valence-corrected chi connectivity index (χ2v) is 4.67. The number of benzene rings is 1. The van der Waals surface area contributed by atoms with Crippen molar-refractivity contribution in [3.05, 3.63) is 46.0 Å². The molecule has 0 radical (unpaired) electrons. The van der Waals surface area contributed by atoms with Crippen LogP contribution in [-0.4, -0.2) is 28.7 Å². The van der Waals surface area contributed by atoms with Crippen LogP contribution in [0.4, 0.5) is 5.69 Å². The van der Waals surface area contributed by atoms with Gasteiger partial charge in [0.05, 0.1) is 17.1 Å². The third-order valence-corrected chi connectivity index (χ3v) is 3.21. The molecule has 0 amide bonds. The first kappa shape index (κ1) is 15.3. The summed E-state index contributed by atoms with van der Waals surface area (Å²) in [7, 11) is 0. The van der Waals surface area contributed by atoms with Crippen molar-refractivity contribution < 1.29 is 10.0 Å². The maximum atomic E-state index is 10.8. The van der Waals surface area contributed by atoms with E-state index >= 15 is 0 Å². The SMILES string of the molecule is CCC(C)(CO)NC/C=C/c1ccccc1[N+](=O)[O-]. The van der Waals surface area contributed by atoms with E-state index in [1.54, 1.807) is 24.3 Å². The number of hydrogen-bond donors (Lipinski definition) is 2. The quantitative estimate of drug-likeness (QED) is 0.585. The molecule has 0 aliphatic carbocycles. The molecule has 5 nitrogen and oxygen atoms in total. The molecule has 1 rings (SSSR count). The van der Waals surface area contributed by atoms with Crippen LogP contribution in [0.3, 0.4) is 0 Å². The smallest absolute Gasteiger partial charge is 0.276 e. The Morgan fingerprint density at radius 1 is 1.47 bits per heavy atom.